The molecule has 1 N–H and O–H groups in total. The van der Waals surface area contributed by atoms with Crippen molar-refractivity contribution in [2.75, 3.05) is 6.61 Å². The molecule has 2 aromatic carbocycles. The molecule has 1 heterocycles. The molecule has 0 aliphatic rings. The van der Waals surface area contributed by atoms with Crippen LogP contribution in [0.1, 0.15) is 23.2 Å². The zero-order chi connectivity index (χ0) is 17.6. The quantitative estimate of drug-likeness (QED) is 0.637. The van der Waals surface area contributed by atoms with Crippen molar-refractivity contribution in [2.24, 2.45) is 0 Å². The molecule has 0 saturated carbocycles. The number of para-hydroxylation sites is 1. The fourth-order valence-electron chi connectivity index (χ4n) is 2.26. The van der Waals surface area contributed by atoms with Crippen LogP contribution in [0.15, 0.2) is 57.9 Å². The number of carboxylic acid groups (broad SMARTS) is 1. The Morgan fingerprint density at radius 2 is 1.96 bits per heavy atom. The second kappa shape index (κ2) is 7.85. The highest BCUT2D eigenvalue weighted by molar-refractivity contribution is 7.98. The highest BCUT2D eigenvalue weighted by Crippen LogP contribution is 2.30. The van der Waals surface area contributed by atoms with Gasteiger partial charge in [-0.05, 0) is 31.2 Å². The molecule has 0 fully saturated rings. The van der Waals surface area contributed by atoms with Crippen molar-refractivity contribution in [1.82, 2.24) is 10.1 Å². The predicted octanol–water partition coefficient (Wildman–Crippen LogP) is 4.13. The van der Waals surface area contributed by atoms with Crippen LogP contribution < -0.4 is 4.74 Å². The highest BCUT2D eigenvalue weighted by Gasteiger charge is 2.15. The lowest BCUT2D eigenvalue weighted by atomic mass is 10.2. The van der Waals surface area contributed by atoms with Crippen molar-refractivity contribution in [3.63, 3.8) is 0 Å². The van der Waals surface area contributed by atoms with Gasteiger partial charge in [0.05, 0.1) is 23.5 Å². The Morgan fingerprint density at radius 1 is 1.20 bits per heavy atom. The van der Waals surface area contributed by atoms with Crippen molar-refractivity contribution in [2.45, 2.75) is 17.6 Å². The molecule has 0 saturated heterocycles. The summed E-state index contributed by atoms with van der Waals surface area (Å²) in [7, 11) is 0. The fourth-order valence-corrected chi connectivity index (χ4v) is 3.15. The number of aromatic carboxylic acids is 1. The first kappa shape index (κ1) is 17.0. The average molecular weight is 356 g/mol. The number of hydrogen-bond acceptors (Lipinski definition) is 6. The van der Waals surface area contributed by atoms with Crippen LogP contribution >= 0.6 is 11.8 Å². The Balaban J connectivity index is 1.76. The molecule has 0 unspecified atom stereocenters. The number of carbonyl (C=O) groups is 1. The predicted molar refractivity (Wildman–Crippen MR) is 93.9 cm³/mol. The molecule has 0 atom stereocenters. The number of carboxylic acids is 1. The van der Waals surface area contributed by atoms with Crippen molar-refractivity contribution < 1.29 is 19.2 Å². The molecular weight excluding hydrogens is 340 g/mol. The van der Waals surface area contributed by atoms with Gasteiger partial charge in [-0.1, -0.05) is 29.4 Å². The van der Waals surface area contributed by atoms with Gasteiger partial charge in [0, 0.05) is 4.90 Å². The van der Waals surface area contributed by atoms with Crippen LogP contribution in [0.25, 0.3) is 11.4 Å². The van der Waals surface area contributed by atoms with E-state index in [-0.39, 0.29) is 5.56 Å². The van der Waals surface area contributed by atoms with Crippen molar-refractivity contribution in [3.05, 3.63) is 60.0 Å². The topological polar surface area (TPSA) is 85.5 Å². The molecule has 0 aliphatic carbocycles. The Morgan fingerprint density at radius 3 is 2.76 bits per heavy atom. The monoisotopic (exact) mass is 356 g/mol. The lowest BCUT2D eigenvalue weighted by Gasteiger charge is -2.06. The Bertz CT molecular complexity index is 879. The van der Waals surface area contributed by atoms with Gasteiger partial charge in [0.25, 0.3) is 0 Å². The molecule has 3 aromatic rings. The molecule has 3 rings (SSSR count). The van der Waals surface area contributed by atoms with Gasteiger partial charge in [-0.25, -0.2) is 4.79 Å². The lowest BCUT2D eigenvalue weighted by molar-refractivity contribution is 0.0693. The maximum absolute atomic E-state index is 11.2. The first-order valence-electron chi connectivity index (χ1n) is 7.69. The van der Waals surface area contributed by atoms with E-state index in [0.29, 0.717) is 34.7 Å². The summed E-state index contributed by atoms with van der Waals surface area (Å²) in [5, 5.41) is 13.2. The van der Waals surface area contributed by atoms with Gasteiger partial charge in [-0.15, -0.1) is 11.8 Å². The van der Waals surface area contributed by atoms with E-state index in [4.69, 9.17) is 9.26 Å². The molecule has 0 aliphatic heterocycles. The summed E-state index contributed by atoms with van der Waals surface area (Å²) < 4.78 is 10.9. The summed E-state index contributed by atoms with van der Waals surface area (Å²) in [4.78, 5) is 16.3. The van der Waals surface area contributed by atoms with E-state index >= 15 is 0 Å². The van der Waals surface area contributed by atoms with E-state index in [0.717, 1.165) is 5.56 Å². The van der Waals surface area contributed by atoms with Gasteiger partial charge in [-0.2, -0.15) is 4.98 Å². The summed E-state index contributed by atoms with van der Waals surface area (Å²) in [6.07, 6.45) is 0. The number of ether oxygens (including phenoxy) is 1. The Labute approximate surface area is 148 Å². The van der Waals surface area contributed by atoms with Gasteiger partial charge in [-0.3, -0.25) is 0 Å². The minimum absolute atomic E-state index is 0.258. The molecule has 25 heavy (non-hydrogen) atoms. The van der Waals surface area contributed by atoms with Crippen LogP contribution in [0.4, 0.5) is 0 Å². The highest BCUT2D eigenvalue weighted by atomic mass is 32.2. The summed E-state index contributed by atoms with van der Waals surface area (Å²) in [5.74, 6) is 0.993. The van der Waals surface area contributed by atoms with E-state index in [1.54, 1.807) is 24.3 Å². The second-order valence-electron chi connectivity index (χ2n) is 5.03. The molecule has 0 spiro atoms. The summed E-state index contributed by atoms with van der Waals surface area (Å²) >= 11 is 1.34. The van der Waals surface area contributed by atoms with Gasteiger partial charge < -0.3 is 14.4 Å². The molecular formula is C18H16N2O4S. The van der Waals surface area contributed by atoms with E-state index in [1.807, 2.05) is 31.2 Å². The van der Waals surface area contributed by atoms with Crippen LogP contribution in [-0.2, 0) is 5.75 Å². The van der Waals surface area contributed by atoms with Gasteiger partial charge >= 0.3 is 5.97 Å². The number of hydrogen-bond donors (Lipinski definition) is 1. The number of aromatic nitrogens is 2. The summed E-state index contributed by atoms with van der Waals surface area (Å²) in [5.41, 5.74) is 1.02. The smallest absolute Gasteiger partial charge is 0.336 e. The number of benzene rings is 2. The van der Waals surface area contributed by atoms with Crippen molar-refractivity contribution >= 4 is 17.7 Å². The largest absolute Gasteiger partial charge is 0.493 e. The maximum Gasteiger partial charge on any atom is 0.336 e. The first-order valence-corrected chi connectivity index (χ1v) is 8.67. The number of nitrogens with zero attached hydrogens (tertiary/aromatic N) is 2. The Kier molecular flexibility index (Phi) is 5.35. The fraction of sp³-hybridized carbons (Fsp3) is 0.167. The van der Waals surface area contributed by atoms with Gasteiger partial charge in [0.15, 0.2) is 0 Å². The van der Waals surface area contributed by atoms with Gasteiger partial charge in [0.2, 0.25) is 11.7 Å². The number of rotatable bonds is 7. The zero-order valence-corrected chi connectivity index (χ0v) is 14.3. The van der Waals surface area contributed by atoms with E-state index < -0.39 is 5.97 Å². The normalized spacial score (nSPS) is 10.6. The third-order valence-corrected chi connectivity index (χ3v) is 4.42. The third-order valence-electron chi connectivity index (χ3n) is 3.36. The minimum atomic E-state index is -0.958. The van der Waals surface area contributed by atoms with Crippen molar-refractivity contribution in [3.8, 4) is 17.1 Å². The summed E-state index contributed by atoms with van der Waals surface area (Å²) in [6, 6.07) is 14.3. The third kappa shape index (κ3) is 4.00. The second-order valence-corrected chi connectivity index (χ2v) is 6.05. The zero-order valence-electron chi connectivity index (χ0n) is 13.5. The first-order chi connectivity index (χ1) is 12.2. The van der Waals surface area contributed by atoms with Crippen molar-refractivity contribution in [1.29, 1.82) is 0 Å². The molecule has 0 amide bonds. The molecule has 128 valence electrons. The van der Waals surface area contributed by atoms with E-state index in [1.165, 1.54) is 11.8 Å². The van der Waals surface area contributed by atoms with Gasteiger partial charge in [0.1, 0.15) is 5.75 Å². The molecule has 6 nitrogen and oxygen atoms in total. The van der Waals surface area contributed by atoms with E-state index in [9.17, 15) is 9.90 Å². The molecule has 0 radical (unpaired) electrons. The SMILES string of the molecule is CCOc1ccccc1-c1noc(CSc2ccccc2C(=O)O)n1. The standard InChI is InChI=1S/C18H16N2O4S/c1-2-23-14-9-5-3-7-12(14)17-19-16(24-20-17)11-25-15-10-6-4-8-13(15)18(21)22/h3-10H,2,11H2,1H3,(H,21,22). The molecule has 0 bridgehead atoms. The molecule has 7 heteroatoms. The minimum Gasteiger partial charge on any atom is -0.493 e. The van der Waals surface area contributed by atoms with Crippen LogP contribution in [0.2, 0.25) is 0 Å². The van der Waals surface area contributed by atoms with E-state index in [2.05, 4.69) is 10.1 Å². The molecule has 1 aromatic heterocycles. The average Bonchev–Trinajstić information content (AvgIpc) is 3.10. The maximum atomic E-state index is 11.2. The lowest BCUT2D eigenvalue weighted by Crippen LogP contribution is -1.98. The van der Waals surface area contributed by atoms with Crippen LogP contribution in [0, 0.1) is 0 Å². The Hall–Kier alpha value is -2.80. The summed E-state index contributed by atoms with van der Waals surface area (Å²) in [6.45, 7) is 2.46. The van der Waals surface area contributed by atoms with Crippen LogP contribution in [0.5, 0.6) is 5.75 Å². The van der Waals surface area contributed by atoms with Crippen LogP contribution in [-0.4, -0.2) is 27.8 Å². The number of thioether (sulfide) groups is 1. The van der Waals surface area contributed by atoms with Crippen LogP contribution in [0.3, 0.4) is 0 Å².